The van der Waals surface area contributed by atoms with Crippen LogP contribution in [0.4, 0.5) is 0 Å². The highest BCUT2D eigenvalue weighted by atomic mass is 16.5. The molecule has 3 aromatic rings. The van der Waals surface area contributed by atoms with Crippen LogP contribution in [0.3, 0.4) is 0 Å². The van der Waals surface area contributed by atoms with Crippen molar-refractivity contribution in [2.45, 2.75) is 32.6 Å². The van der Waals surface area contributed by atoms with Crippen molar-refractivity contribution in [3.05, 3.63) is 59.9 Å². The van der Waals surface area contributed by atoms with Crippen molar-refractivity contribution < 1.29 is 4.74 Å². The zero-order valence-electron chi connectivity index (χ0n) is 15.9. The molecular formula is C23H25N3O. The van der Waals surface area contributed by atoms with Crippen LogP contribution in [0.25, 0.3) is 28.4 Å². The van der Waals surface area contributed by atoms with Crippen molar-refractivity contribution in [1.82, 2.24) is 9.97 Å². The number of ether oxygens (including phenoxy) is 1. The second kappa shape index (κ2) is 7.70. The number of aromatic amines is 2. The molecule has 0 fully saturated rings. The third-order valence-corrected chi connectivity index (χ3v) is 4.90. The molecule has 0 saturated heterocycles. The van der Waals surface area contributed by atoms with Gasteiger partial charge >= 0.3 is 0 Å². The van der Waals surface area contributed by atoms with E-state index in [0.29, 0.717) is 0 Å². The Labute approximate surface area is 159 Å². The molecule has 4 heteroatoms. The van der Waals surface area contributed by atoms with Crippen molar-refractivity contribution in [3.8, 4) is 17.1 Å². The number of para-hydroxylation sites is 1. The van der Waals surface area contributed by atoms with Crippen LogP contribution < -0.4 is 4.74 Å². The Morgan fingerprint density at radius 1 is 1.04 bits per heavy atom. The number of H-pyrrole nitrogens is 2. The zero-order chi connectivity index (χ0) is 18.6. The van der Waals surface area contributed by atoms with E-state index in [0.717, 1.165) is 46.2 Å². The molecule has 138 valence electrons. The van der Waals surface area contributed by atoms with Gasteiger partial charge in [-0.2, -0.15) is 0 Å². The van der Waals surface area contributed by atoms with Crippen LogP contribution in [0.1, 0.15) is 38.3 Å². The first-order chi connectivity index (χ1) is 13.3. The first-order valence-electron chi connectivity index (χ1n) is 9.59. The fourth-order valence-electron chi connectivity index (χ4n) is 3.44. The summed E-state index contributed by atoms with van der Waals surface area (Å²) in [5, 5.41) is 1.20. The molecule has 0 unspecified atom stereocenters. The molecule has 0 aliphatic carbocycles. The normalized spacial score (nSPS) is 15.0. The van der Waals surface area contributed by atoms with Gasteiger partial charge in [-0.15, -0.1) is 0 Å². The molecule has 2 N–H and O–H groups in total. The lowest BCUT2D eigenvalue weighted by atomic mass is 10.1. The van der Waals surface area contributed by atoms with Gasteiger partial charge in [-0.05, 0) is 43.2 Å². The fourth-order valence-corrected chi connectivity index (χ4v) is 3.44. The maximum absolute atomic E-state index is 5.58. The molecule has 27 heavy (non-hydrogen) atoms. The first kappa shape index (κ1) is 17.4. The quantitative estimate of drug-likeness (QED) is 0.492. The van der Waals surface area contributed by atoms with Crippen LogP contribution in [-0.4, -0.2) is 22.8 Å². The molecule has 4 rings (SSSR count). The van der Waals surface area contributed by atoms with Gasteiger partial charge in [0.25, 0.3) is 0 Å². The average Bonchev–Trinajstić information content (AvgIpc) is 3.40. The minimum Gasteiger partial charge on any atom is -0.494 e. The van der Waals surface area contributed by atoms with Gasteiger partial charge < -0.3 is 14.7 Å². The number of benzene rings is 1. The Kier molecular flexibility index (Phi) is 4.97. The largest absolute Gasteiger partial charge is 0.494 e. The summed E-state index contributed by atoms with van der Waals surface area (Å²) in [7, 11) is 1.70. The summed E-state index contributed by atoms with van der Waals surface area (Å²) in [5.74, 6) is 0.819. The van der Waals surface area contributed by atoms with Gasteiger partial charge in [-0.1, -0.05) is 38.0 Å². The maximum atomic E-state index is 5.58. The van der Waals surface area contributed by atoms with Crippen molar-refractivity contribution in [1.29, 1.82) is 0 Å². The van der Waals surface area contributed by atoms with Gasteiger partial charge in [0.05, 0.1) is 29.9 Å². The van der Waals surface area contributed by atoms with E-state index in [1.165, 1.54) is 24.6 Å². The highest BCUT2D eigenvalue weighted by Gasteiger charge is 2.12. The third-order valence-electron chi connectivity index (χ3n) is 4.90. The number of fused-ring (bicyclic) bond motifs is 1. The number of nitrogens with one attached hydrogen (secondary N) is 2. The van der Waals surface area contributed by atoms with Crippen molar-refractivity contribution in [2.75, 3.05) is 7.11 Å². The van der Waals surface area contributed by atoms with Crippen LogP contribution in [0, 0.1) is 0 Å². The summed E-state index contributed by atoms with van der Waals surface area (Å²) in [6.07, 6.45) is 11.0. The van der Waals surface area contributed by atoms with E-state index in [1.807, 2.05) is 24.3 Å². The van der Waals surface area contributed by atoms with Gasteiger partial charge in [-0.25, -0.2) is 0 Å². The third kappa shape index (κ3) is 3.75. The summed E-state index contributed by atoms with van der Waals surface area (Å²) in [4.78, 5) is 11.7. The summed E-state index contributed by atoms with van der Waals surface area (Å²) >= 11 is 0. The number of unbranched alkanes of at least 4 members (excludes halogenated alkanes) is 2. The SMILES string of the molecule is CCCCCC1=NC(=Cc2[nH]c(-c3cc4ccccc4[nH]3)cc2OC)C=C1. The number of rotatable bonds is 7. The van der Waals surface area contributed by atoms with Crippen LogP contribution in [0.15, 0.2) is 59.2 Å². The molecule has 0 amide bonds. The van der Waals surface area contributed by atoms with E-state index in [1.54, 1.807) is 7.11 Å². The van der Waals surface area contributed by atoms with Crippen LogP contribution >= 0.6 is 0 Å². The number of methoxy groups -OCH3 is 1. The lowest BCUT2D eigenvalue weighted by molar-refractivity contribution is 0.414. The second-order valence-corrected chi connectivity index (χ2v) is 6.90. The van der Waals surface area contributed by atoms with E-state index in [4.69, 9.17) is 9.73 Å². The van der Waals surface area contributed by atoms with Crippen LogP contribution in [-0.2, 0) is 0 Å². The predicted molar refractivity (Wildman–Crippen MR) is 113 cm³/mol. The summed E-state index contributed by atoms with van der Waals surface area (Å²) in [6.45, 7) is 2.22. The van der Waals surface area contributed by atoms with E-state index in [2.05, 4.69) is 47.2 Å². The number of allylic oxidation sites excluding steroid dienone is 2. The van der Waals surface area contributed by atoms with Gasteiger partial charge in [0.1, 0.15) is 5.75 Å². The van der Waals surface area contributed by atoms with E-state index in [-0.39, 0.29) is 0 Å². The molecule has 1 aromatic carbocycles. The van der Waals surface area contributed by atoms with Crippen LogP contribution in [0.2, 0.25) is 0 Å². The van der Waals surface area contributed by atoms with Crippen molar-refractivity contribution in [3.63, 3.8) is 0 Å². The van der Waals surface area contributed by atoms with Gasteiger partial charge in [0.15, 0.2) is 0 Å². The molecule has 4 nitrogen and oxygen atoms in total. The Hall–Kier alpha value is -3.01. The molecule has 0 radical (unpaired) electrons. The minimum atomic E-state index is 0.819. The predicted octanol–water partition coefficient (Wildman–Crippen LogP) is 6.10. The monoisotopic (exact) mass is 359 g/mol. The molecule has 0 bridgehead atoms. The molecule has 0 spiro atoms. The van der Waals surface area contributed by atoms with Gasteiger partial charge in [0, 0.05) is 22.7 Å². The zero-order valence-corrected chi connectivity index (χ0v) is 15.9. The second-order valence-electron chi connectivity index (χ2n) is 6.90. The number of hydrogen-bond acceptors (Lipinski definition) is 2. The summed E-state index contributed by atoms with van der Waals surface area (Å²) in [5.41, 5.74) is 6.24. The molecule has 1 aliphatic heterocycles. The Balaban J connectivity index is 1.60. The maximum Gasteiger partial charge on any atom is 0.144 e. The van der Waals surface area contributed by atoms with E-state index < -0.39 is 0 Å². The lowest BCUT2D eigenvalue weighted by Crippen LogP contribution is -1.89. The van der Waals surface area contributed by atoms with E-state index in [9.17, 15) is 0 Å². The topological polar surface area (TPSA) is 53.2 Å². The molecule has 2 aromatic heterocycles. The van der Waals surface area contributed by atoms with Crippen LogP contribution in [0.5, 0.6) is 5.75 Å². The van der Waals surface area contributed by atoms with Crippen molar-refractivity contribution >= 4 is 22.7 Å². The lowest BCUT2D eigenvalue weighted by Gasteiger charge is -1.98. The fraction of sp³-hybridized carbons (Fsp3) is 0.261. The van der Waals surface area contributed by atoms with Crippen molar-refractivity contribution in [2.24, 2.45) is 4.99 Å². The molecular weight excluding hydrogens is 334 g/mol. The molecule has 1 aliphatic rings. The van der Waals surface area contributed by atoms with Gasteiger partial charge in [0.2, 0.25) is 0 Å². The highest BCUT2D eigenvalue weighted by Crippen LogP contribution is 2.31. The highest BCUT2D eigenvalue weighted by molar-refractivity contribution is 5.99. The van der Waals surface area contributed by atoms with Gasteiger partial charge in [-0.3, -0.25) is 4.99 Å². The summed E-state index contributed by atoms with van der Waals surface area (Å²) in [6, 6.07) is 12.5. The minimum absolute atomic E-state index is 0.819. The van der Waals surface area contributed by atoms with E-state index >= 15 is 0 Å². The number of aliphatic imine (C=N–C) groups is 1. The number of nitrogens with zero attached hydrogens (tertiary/aromatic N) is 1. The molecule has 3 heterocycles. The Morgan fingerprint density at radius 3 is 2.70 bits per heavy atom. The first-order valence-corrected chi connectivity index (χ1v) is 9.59. The standard InChI is InChI=1S/C23H25N3O/c1-3-4-5-9-17-11-12-18(24-17)14-22-23(27-2)15-21(26-22)20-13-16-8-6-7-10-19(16)25-20/h6-8,10-15,25-26H,3-5,9H2,1-2H3. The Bertz CT molecular complexity index is 1000. The molecule has 0 atom stereocenters. The molecule has 0 saturated carbocycles. The smallest absolute Gasteiger partial charge is 0.144 e. The number of aromatic nitrogens is 2. The summed E-state index contributed by atoms with van der Waals surface area (Å²) < 4.78 is 5.58. The number of hydrogen-bond donors (Lipinski definition) is 2. The average molecular weight is 359 g/mol. The Morgan fingerprint density at radius 2 is 1.89 bits per heavy atom.